The summed E-state index contributed by atoms with van der Waals surface area (Å²) >= 11 is 1.54. The van der Waals surface area contributed by atoms with E-state index < -0.39 is 0 Å². The van der Waals surface area contributed by atoms with Gasteiger partial charge in [-0.1, -0.05) is 0 Å². The molecule has 0 fully saturated rings. The van der Waals surface area contributed by atoms with E-state index >= 15 is 0 Å². The van der Waals surface area contributed by atoms with Crippen molar-refractivity contribution in [2.24, 2.45) is 7.05 Å². The zero-order chi connectivity index (χ0) is 14.2. The highest BCUT2D eigenvalue weighted by Crippen LogP contribution is 2.22. The molecule has 5 heteroatoms. The van der Waals surface area contributed by atoms with Gasteiger partial charge in [0.15, 0.2) is 0 Å². The summed E-state index contributed by atoms with van der Waals surface area (Å²) in [6.45, 7) is 8.04. The molecule has 0 saturated heterocycles. The fourth-order valence-corrected chi connectivity index (χ4v) is 2.91. The number of hydrogen-bond acceptors (Lipinski definition) is 3. The third-order valence-corrected chi connectivity index (χ3v) is 4.63. The Morgan fingerprint density at radius 2 is 2.11 bits per heavy atom. The molecule has 1 N–H and O–H groups in total. The standard InChI is InChI=1S/C14H19N3OS/c1-8-6-13(19-11(8)4)14(18)16-9(2)12-7-15-17(5)10(12)3/h6-7,9H,1-5H3,(H,16,18)/t9-/m1/s1. The molecule has 19 heavy (non-hydrogen) atoms. The van der Waals surface area contributed by atoms with Gasteiger partial charge in [0, 0.05) is 23.2 Å². The van der Waals surface area contributed by atoms with Gasteiger partial charge in [0.05, 0.1) is 17.1 Å². The lowest BCUT2D eigenvalue weighted by molar-refractivity contribution is 0.0944. The molecule has 1 atom stereocenters. The molecule has 0 aliphatic heterocycles. The van der Waals surface area contributed by atoms with E-state index in [2.05, 4.69) is 10.4 Å². The molecule has 2 heterocycles. The van der Waals surface area contributed by atoms with E-state index in [0.29, 0.717) is 0 Å². The maximum atomic E-state index is 12.2. The second-order valence-corrected chi connectivity index (χ2v) is 6.11. The van der Waals surface area contributed by atoms with Crippen LogP contribution in [0.15, 0.2) is 12.3 Å². The fourth-order valence-electron chi connectivity index (χ4n) is 1.97. The number of aryl methyl sites for hydroxylation is 3. The molecule has 2 aromatic rings. The normalized spacial score (nSPS) is 12.5. The van der Waals surface area contributed by atoms with E-state index in [1.54, 1.807) is 0 Å². The lowest BCUT2D eigenvalue weighted by Gasteiger charge is -2.12. The Morgan fingerprint density at radius 3 is 2.58 bits per heavy atom. The van der Waals surface area contributed by atoms with Crippen molar-refractivity contribution in [2.45, 2.75) is 33.7 Å². The summed E-state index contributed by atoms with van der Waals surface area (Å²) in [6.07, 6.45) is 1.81. The molecule has 0 aliphatic rings. The maximum Gasteiger partial charge on any atom is 0.261 e. The van der Waals surface area contributed by atoms with Crippen LogP contribution in [0.1, 0.15) is 44.3 Å². The highest BCUT2D eigenvalue weighted by atomic mass is 32.1. The number of thiophene rings is 1. The van der Waals surface area contributed by atoms with E-state index in [1.807, 2.05) is 51.7 Å². The highest BCUT2D eigenvalue weighted by Gasteiger charge is 2.17. The lowest BCUT2D eigenvalue weighted by atomic mass is 10.1. The zero-order valence-corrected chi connectivity index (χ0v) is 12.8. The number of carbonyl (C=O) groups excluding carboxylic acids is 1. The molecule has 2 aromatic heterocycles. The van der Waals surface area contributed by atoms with Gasteiger partial charge in [-0.2, -0.15) is 5.10 Å². The van der Waals surface area contributed by atoms with Crippen molar-refractivity contribution < 1.29 is 4.79 Å². The molecule has 0 radical (unpaired) electrons. The predicted octanol–water partition coefficient (Wildman–Crippen LogP) is 2.90. The van der Waals surface area contributed by atoms with Crippen LogP contribution in [0.2, 0.25) is 0 Å². The van der Waals surface area contributed by atoms with Gasteiger partial charge in [0.25, 0.3) is 5.91 Å². The van der Waals surface area contributed by atoms with Crippen LogP contribution in [0, 0.1) is 20.8 Å². The number of carbonyl (C=O) groups is 1. The summed E-state index contributed by atoms with van der Waals surface area (Å²) in [6, 6.07) is 1.90. The molecule has 0 spiro atoms. The molecular weight excluding hydrogens is 258 g/mol. The quantitative estimate of drug-likeness (QED) is 0.937. The average molecular weight is 277 g/mol. The van der Waals surface area contributed by atoms with Crippen LogP contribution in [0.3, 0.4) is 0 Å². The third-order valence-electron chi connectivity index (χ3n) is 3.48. The minimum Gasteiger partial charge on any atom is -0.345 e. The second kappa shape index (κ2) is 5.17. The third kappa shape index (κ3) is 2.71. The minimum atomic E-state index is -0.0380. The largest absolute Gasteiger partial charge is 0.345 e. The summed E-state index contributed by atoms with van der Waals surface area (Å²) < 4.78 is 1.82. The molecule has 1 amide bonds. The first kappa shape index (κ1) is 13.8. The number of aromatic nitrogens is 2. The van der Waals surface area contributed by atoms with Crippen molar-refractivity contribution >= 4 is 17.2 Å². The Hall–Kier alpha value is -1.62. The van der Waals surface area contributed by atoms with Crippen molar-refractivity contribution in [3.05, 3.63) is 38.8 Å². The molecule has 2 rings (SSSR count). The number of rotatable bonds is 3. The Labute approximate surface area is 117 Å². The van der Waals surface area contributed by atoms with Gasteiger partial charge in [-0.15, -0.1) is 11.3 Å². The van der Waals surface area contributed by atoms with Crippen LogP contribution in [0.25, 0.3) is 0 Å². The lowest BCUT2D eigenvalue weighted by Crippen LogP contribution is -2.26. The zero-order valence-electron chi connectivity index (χ0n) is 11.9. The van der Waals surface area contributed by atoms with E-state index in [4.69, 9.17) is 0 Å². The minimum absolute atomic E-state index is 0.0167. The fraction of sp³-hybridized carbons (Fsp3) is 0.429. The highest BCUT2D eigenvalue weighted by molar-refractivity contribution is 7.14. The van der Waals surface area contributed by atoms with Crippen LogP contribution in [-0.2, 0) is 7.05 Å². The van der Waals surface area contributed by atoms with E-state index in [1.165, 1.54) is 21.8 Å². The summed E-state index contributed by atoms with van der Waals surface area (Å²) in [5.41, 5.74) is 3.30. The molecular formula is C14H19N3OS. The van der Waals surface area contributed by atoms with Gasteiger partial charge in [-0.3, -0.25) is 9.48 Å². The summed E-state index contributed by atoms with van der Waals surface area (Å²) in [5, 5.41) is 7.23. The Bertz CT molecular complexity index is 593. The van der Waals surface area contributed by atoms with Crippen LogP contribution < -0.4 is 5.32 Å². The van der Waals surface area contributed by atoms with Crippen LogP contribution in [0.4, 0.5) is 0 Å². The van der Waals surface area contributed by atoms with Crippen molar-refractivity contribution in [3.63, 3.8) is 0 Å². The second-order valence-electron chi connectivity index (χ2n) is 4.85. The molecule has 4 nitrogen and oxygen atoms in total. The molecule has 102 valence electrons. The Balaban J connectivity index is 2.13. The van der Waals surface area contributed by atoms with E-state index in [-0.39, 0.29) is 11.9 Å². The topological polar surface area (TPSA) is 46.9 Å². The number of hydrogen-bond donors (Lipinski definition) is 1. The van der Waals surface area contributed by atoms with Crippen molar-refractivity contribution in [1.29, 1.82) is 0 Å². The van der Waals surface area contributed by atoms with Crippen molar-refractivity contribution in [1.82, 2.24) is 15.1 Å². The van der Waals surface area contributed by atoms with E-state index in [9.17, 15) is 4.79 Å². The molecule has 0 aromatic carbocycles. The summed E-state index contributed by atoms with van der Waals surface area (Å²) in [7, 11) is 1.90. The number of nitrogens with one attached hydrogen (secondary N) is 1. The first-order valence-corrected chi connectivity index (χ1v) is 7.08. The van der Waals surface area contributed by atoms with Gasteiger partial charge >= 0.3 is 0 Å². The number of nitrogens with zero attached hydrogens (tertiary/aromatic N) is 2. The smallest absolute Gasteiger partial charge is 0.261 e. The van der Waals surface area contributed by atoms with E-state index in [0.717, 1.165) is 16.1 Å². The molecule has 0 aliphatic carbocycles. The van der Waals surface area contributed by atoms with Gasteiger partial charge in [-0.05, 0) is 39.3 Å². The van der Waals surface area contributed by atoms with Gasteiger partial charge in [0.1, 0.15) is 0 Å². The summed E-state index contributed by atoms with van der Waals surface area (Å²) in [5.74, 6) is -0.0167. The molecule has 0 saturated carbocycles. The Kier molecular flexibility index (Phi) is 3.75. The average Bonchev–Trinajstić information content (AvgIpc) is 2.85. The van der Waals surface area contributed by atoms with Crippen LogP contribution in [-0.4, -0.2) is 15.7 Å². The van der Waals surface area contributed by atoms with Gasteiger partial charge < -0.3 is 5.32 Å². The van der Waals surface area contributed by atoms with Crippen LogP contribution in [0.5, 0.6) is 0 Å². The molecule has 0 bridgehead atoms. The monoisotopic (exact) mass is 277 g/mol. The van der Waals surface area contributed by atoms with Gasteiger partial charge in [-0.25, -0.2) is 0 Å². The first-order valence-electron chi connectivity index (χ1n) is 6.26. The number of amides is 1. The summed E-state index contributed by atoms with van der Waals surface area (Å²) in [4.78, 5) is 14.1. The maximum absolute atomic E-state index is 12.2. The Morgan fingerprint density at radius 1 is 1.42 bits per heavy atom. The van der Waals surface area contributed by atoms with Gasteiger partial charge in [0.2, 0.25) is 0 Å². The SMILES string of the molecule is Cc1cc(C(=O)N[C@H](C)c2cnn(C)c2C)sc1C. The molecule has 0 unspecified atom stereocenters. The van der Waals surface area contributed by atoms with Crippen molar-refractivity contribution in [3.8, 4) is 0 Å². The predicted molar refractivity (Wildman–Crippen MR) is 77.6 cm³/mol. The first-order chi connectivity index (χ1) is 8.90. The van der Waals surface area contributed by atoms with Crippen molar-refractivity contribution in [2.75, 3.05) is 0 Å². The van der Waals surface area contributed by atoms with Crippen LogP contribution >= 0.6 is 11.3 Å².